The molecule has 0 aliphatic rings. The van der Waals surface area contributed by atoms with Crippen molar-refractivity contribution in [2.45, 2.75) is 13.3 Å². The highest BCUT2D eigenvalue weighted by atomic mass is 32.1. The van der Waals surface area contributed by atoms with Gasteiger partial charge in [0, 0.05) is 10.4 Å². The fraction of sp³-hybridized carbons (Fsp3) is 0.176. The Kier molecular flexibility index (Phi) is 5.12. The van der Waals surface area contributed by atoms with Gasteiger partial charge in [-0.15, -0.1) is 16.4 Å². The predicted octanol–water partition coefficient (Wildman–Crippen LogP) is 3.35. The summed E-state index contributed by atoms with van der Waals surface area (Å²) in [6, 6.07) is 13.3. The minimum Gasteiger partial charge on any atom is -0.461 e. The van der Waals surface area contributed by atoms with Gasteiger partial charge in [0.1, 0.15) is 0 Å². The highest BCUT2D eigenvalue weighted by Gasteiger charge is 2.20. The molecule has 0 saturated heterocycles. The van der Waals surface area contributed by atoms with Gasteiger partial charge >= 0.3 is 5.97 Å². The number of rotatable bonds is 6. The molecule has 2 heterocycles. The Hall–Kier alpha value is -2.80. The van der Waals surface area contributed by atoms with Gasteiger partial charge in [0.05, 0.1) is 6.61 Å². The highest BCUT2D eigenvalue weighted by Crippen LogP contribution is 2.22. The summed E-state index contributed by atoms with van der Waals surface area (Å²) in [5.74, 6) is 0.0431. The molecule has 3 rings (SSSR count). The number of thiophene rings is 1. The summed E-state index contributed by atoms with van der Waals surface area (Å²) in [5.41, 5.74) is 1.11. The summed E-state index contributed by atoms with van der Waals surface area (Å²) in [6.45, 7) is 2.30. The first-order valence-corrected chi connectivity index (χ1v) is 8.44. The fourth-order valence-corrected chi connectivity index (χ4v) is 2.75. The van der Waals surface area contributed by atoms with Gasteiger partial charge in [0.25, 0.3) is 0 Å². The molecule has 3 aromatic rings. The van der Waals surface area contributed by atoms with Crippen LogP contribution in [0, 0.1) is 0 Å². The van der Waals surface area contributed by atoms with Gasteiger partial charge < -0.3 is 4.74 Å². The average Bonchev–Trinajstić information content (AvgIpc) is 3.29. The molecule has 0 unspecified atom stereocenters. The molecule has 0 radical (unpaired) electrons. The van der Waals surface area contributed by atoms with Crippen molar-refractivity contribution < 1.29 is 9.53 Å². The maximum Gasteiger partial charge on any atom is 0.357 e. The first-order valence-electron chi connectivity index (χ1n) is 7.56. The number of carbonyl (C=O) groups excluding carboxylic acids is 1. The van der Waals surface area contributed by atoms with E-state index in [0.29, 0.717) is 12.4 Å². The van der Waals surface area contributed by atoms with Crippen LogP contribution in [0.25, 0.3) is 23.2 Å². The first kappa shape index (κ1) is 16.1. The van der Waals surface area contributed by atoms with Crippen LogP contribution in [-0.2, 0) is 9.53 Å². The SMILES string of the molecule is CCCOC(=O)/C(=C\c1cccs1)n1nnnc1-c1ccccc1. The molecule has 0 atom stereocenters. The number of aromatic nitrogens is 4. The number of benzene rings is 1. The topological polar surface area (TPSA) is 69.9 Å². The summed E-state index contributed by atoms with van der Waals surface area (Å²) in [7, 11) is 0. The lowest BCUT2D eigenvalue weighted by Crippen LogP contribution is -2.15. The Balaban J connectivity index is 2.04. The molecule has 0 aliphatic heterocycles. The molecular weight excluding hydrogens is 324 g/mol. The second-order valence-electron chi connectivity index (χ2n) is 4.96. The molecule has 24 heavy (non-hydrogen) atoms. The van der Waals surface area contributed by atoms with Crippen molar-refractivity contribution in [1.82, 2.24) is 20.2 Å². The minimum absolute atomic E-state index is 0.287. The van der Waals surface area contributed by atoms with Crippen LogP contribution < -0.4 is 0 Å². The Labute approximate surface area is 143 Å². The van der Waals surface area contributed by atoms with Crippen molar-refractivity contribution in [3.05, 3.63) is 52.7 Å². The molecule has 122 valence electrons. The lowest BCUT2D eigenvalue weighted by molar-refractivity contribution is -0.137. The lowest BCUT2D eigenvalue weighted by Gasteiger charge is -2.09. The summed E-state index contributed by atoms with van der Waals surface area (Å²) in [4.78, 5) is 13.4. The zero-order valence-corrected chi connectivity index (χ0v) is 13.9. The molecule has 0 bridgehead atoms. The van der Waals surface area contributed by atoms with Crippen molar-refractivity contribution in [2.24, 2.45) is 0 Å². The smallest absolute Gasteiger partial charge is 0.357 e. The van der Waals surface area contributed by atoms with Crippen LogP contribution >= 0.6 is 11.3 Å². The van der Waals surface area contributed by atoms with E-state index < -0.39 is 5.97 Å². The summed E-state index contributed by atoms with van der Waals surface area (Å²) in [5, 5.41) is 13.7. The van der Waals surface area contributed by atoms with Gasteiger partial charge in [0.15, 0.2) is 11.5 Å². The van der Waals surface area contributed by atoms with Crippen molar-refractivity contribution in [2.75, 3.05) is 6.61 Å². The standard InChI is InChI=1S/C17H16N4O2S/c1-2-10-23-17(22)15(12-14-9-6-11-24-14)21-16(18-19-20-21)13-7-4-3-5-8-13/h3-9,11-12H,2,10H2,1H3/b15-12+. The van der Waals surface area contributed by atoms with E-state index in [9.17, 15) is 4.79 Å². The van der Waals surface area contributed by atoms with E-state index in [4.69, 9.17) is 4.74 Å². The van der Waals surface area contributed by atoms with E-state index in [0.717, 1.165) is 16.9 Å². The monoisotopic (exact) mass is 340 g/mol. The van der Waals surface area contributed by atoms with Crippen molar-refractivity contribution >= 4 is 29.1 Å². The van der Waals surface area contributed by atoms with Crippen LogP contribution in [0.5, 0.6) is 0 Å². The van der Waals surface area contributed by atoms with E-state index in [1.54, 1.807) is 6.08 Å². The number of esters is 1. The third kappa shape index (κ3) is 3.57. The second-order valence-corrected chi connectivity index (χ2v) is 5.94. The lowest BCUT2D eigenvalue weighted by atomic mass is 10.2. The quantitative estimate of drug-likeness (QED) is 0.508. The third-order valence-corrected chi connectivity index (χ3v) is 4.02. The van der Waals surface area contributed by atoms with Gasteiger partial charge in [-0.3, -0.25) is 0 Å². The number of hydrogen-bond acceptors (Lipinski definition) is 6. The Morgan fingerprint density at radius 2 is 2.08 bits per heavy atom. The minimum atomic E-state index is -0.449. The number of ether oxygens (including phenoxy) is 1. The van der Waals surface area contributed by atoms with Gasteiger partial charge in [-0.05, 0) is 34.4 Å². The summed E-state index contributed by atoms with van der Waals surface area (Å²) < 4.78 is 6.72. The van der Waals surface area contributed by atoms with Crippen molar-refractivity contribution in [1.29, 1.82) is 0 Å². The predicted molar refractivity (Wildman–Crippen MR) is 93.0 cm³/mol. The molecular formula is C17H16N4O2S. The zero-order valence-electron chi connectivity index (χ0n) is 13.1. The Morgan fingerprint density at radius 3 is 2.79 bits per heavy atom. The molecule has 0 saturated carbocycles. The van der Waals surface area contributed by atoms with Crippen LogP contribution in [0.4, 0.5) is 0 Å². The van der Waals surface area contributed by atoms with Crippen molar-refractivity contribution in [3.63, 3.8) is 0 Å². The van der Waals surface area contributed by atoms with E-state index in [1.807, 2.05) is 54.8 Å². The number of hydrogen-bond donors (Lipinski definition) is 0. The summed E-state index contributed by atoms with van der Waals surface area (Å²) in [6.07, 6.45) is 2.49. The molecule has 7 heteroatoms. The maximum atomic E-state index is 12.5. The largest absolute Gasteiger partial charge is 0.461 e. The van der Waals surface area contributed by atoms with Crippen LogP contribution in [0.1, 0.15) is 18.2 Å². The van der Waals surface area contributed by atoms with Gasteiger partial charge in [-0.25, -0.2) is 4.79 Å². The van der Waals surface area contributed by atoms with Crippen molar-refractivity contribution in [3.8, 4) is 11.4 Å². The van der Waals surface area contributed by atoms with E-state index in [1.165, 1.54) is 16.0 Å². The molecule has 6 nitrogen and oxygen atoms in total. The number of nitrogens with zero attached hydrogens (tertiary/aromatic N) is 4. The number of tetrazole rings is 1. The van der Waals surface area contributed by atoms with E-state index in [-0.39, 0.29) is 5.70 Å². The molecule has 1 aromatic carbocycles. The second kappa shape index (κ2) is 7.65. The van der Waals surface area contributed by atoms with Crippen LogP contribution in [0.2, 0.25) is 0 Å². The van der Waals surface area contributed by atoms with Gasteiger partial charge in [0.2, 0.25) is 0 Å². The molecule has 2 aromatic heterocycles. The Morgan fingerprint density at radius 1 is 1.25 bits per heavy atom. The first-order chi connectivity index (χ1) is 11.8. The van der Waals surface area contributed by atoms with Crippen LogP contribution in [0.3, 0.4) is 0 Å². The Bertz CT molecular complexity index is 825. The zero-order chi connectivity index (χ0) is 16.8. The number of carbonyl (C=O) groups is 1. The highest BCUT2D eigenvalue weighted by molar-refractivity contribution is 7.10. The molecule has 0 fully saturated rings. The molecule has 0 spiro atoms. The summed E-state index contributed by atoms with van der Waals surface area (Å²) >= 11 is 1.53. The van der Waals surface area contributed by atoms with Gasteiger partial charge in [-0.1, -0.05) is 43.3 Å². The van der Waals surface area contributed by atoms with E-state index in [2.05, 4.69) is 15.5 Å². The molecule has 0 N–H and O–H groups in total. The molecule has 0 aliphatic carbocycles. The average molecular weight is 340 g/mol. The van der Waals surface area contributed by atoms with Crippen LogP contribution in [-0.4, -0.2) is 32.8 Å². The van der Waals surface area contributed by atoms with Gasteiger partial charge in [-0.2, -0.15) is 4.68 Å². The normalized spacial score (nSPS) is 11.5. The fourth-order valence-electron chi connectivity index (χ4n) is 2.10. The maximum absolute atomic E-state index is 12.5. The third-order valence-electron chi connectivity index (χ3n) is 3.20. The van der Waals surface area contributed by atoms with E-state index >= 15 is 0 Å². The van der Waals surface area contributed by atoms with Crippen LogP contribution in [0.15, 0.2) is 47.8 Å². The molecule has 0 amide bonds.